The molecule has 0 atom stereocenters. The molecule has 2 heteroatoms. The third-order valence-corrected chi connectivity index (χ3v) is 3.39. The second-order valence-corrected chi connectivity index (χ2v) is 4.95. The van der Waals surface area contributed by atoms with E-state index in [9.17, 15) is 0 Å². The van der Waals surface area contributed by atoms with E-state index in [4.69, 9.17) is 10.5 Å². The fourth-order valence-corrected chi connectivity index (χ4v) is 2.03. The molecule has 0 radical (unpaired) electrons. The average molecular weight is 249 g/mol. The zero-order valence-electron chi connectivity index (χ0n) is 11.9. The van der Waals surface area contributed by atoms with Crippen molar-refractivity contribution in [2.45, 2.75) is 59.0 Å². The van der Waals surface area contributed by atoms with Gasteiger partial charge in [-0.1, -0.05) is 51.2 Å². The van der Waals surface area contributed by atoms with E-state index in [0.29, 0.717) is 6.61 Å². The summed E-state index contributed by atoms with van der Waals surface area (Å²) < 4.78 is 5.71. The lowest BCUT2D eigenvalue weighted by molar-refractivity contribution is 0.116. The van der Waals surface area contributed by atoms with Gasteiger partial charge in [-0.05, 0) is 30.5 Å². The predicted octanol–water partition coefficient (Wildman–Crippen LogP) is 4.45. The Morgan fingerprint density at radius 2 is 1.78 bits per heavy atom. The second-order valence-electron chi connectivity index (χ2n) is 4.95. The fraction of sp³-hybridized carbons (Fsp3) is 0.625. The topological polar surface area (TPSA) is 35.2 Å². The molecule has 102 valence electrons. The third kappa shape index (κ3) is 5.54. The van der Waals surface area contributed by atoms with Gasteiger partial charge in [-0.15, -0.1) is 0 Å². The van der Waals surface area contributed by atoms with Gasteiger partial charge in [0, 0.05) is 12.3 Å². The summed E-state index contributed by atoms with van der Waals surface area (Å²) in [6, 6.07) is 6.02. The van der Waals surface area contributed by atoms with Crippen LogP contribution < -0.4 is 5.73 Å². The number of nitrogen functional groups attached to an aromatic ring is 1. The quantitative estimate of drug-likeness (QED) is 0.518. The number of benzene rings is 1. The molecule has 0 heterocycles. The van der Waals surface area contributed by atoms with Gasteiger partial charge in [0.05, 0.1) is 6.61 Å². The molecule has 0 saturated carbocycles. The van der Waals surface area contributed by atoms with Crippen molar-refractivity contribution in [2.75, 3.05) is 12.3 Å². The van der Waals surface area contributed by atoms with Crippen molar-refractivity contribution in [1.82, 2.24) is 0 Å². The number of ether oxygens (including phenoxy) is 1. The fourth-order valence-electron chi connectivity index (χ4n) is 2.03. The first-order valence-corrected chi connectivity index (χ1v) is 7.17. The second kappa shape index (κ2) is 8.98. The van der Waals surface area contributed by atoms with E-state index in [2.05, 4.69) is 19.9 Å². The molecule has 1 aromatic carbocycles. The summed E-state index contributed by atoms with van der Waals surface area (Å²) in [5.41, 5.74) is 9.08. The standard InChI is InChI=1S/C16H27NO/c1-3-4-5-6-7-8-12-18-13-15-10-9-11-16(17)14(15)2/h9-11H,3-8,12-13,17H2,1-2H3. The van der Waals surface area contributed by atoms with Gasteiger partial charge in [0.2, 0.25) is 0 Å². The van der Waals surface area contributed by atoms with Crippen molar-refractivity contribution in [1.29, 1.82) is 0 Å². The summed E-state index contributed by atoms with van der Waals surface area (Å²) in [6.45, 7) is 5.85. The maximum Gasteiger partial charge on any atom is 0.0720 e. The van der Waals surface area contributed by atoms with Gasteiger partial charge >= 0.3 is 0 Å². The first kappa shape index (κ1) is 15.0. The van der Waals surface area contributed by atoms with Crippen LogP contribution >= 0.6 is 0 Å². The lowest BCUT2D eigenvalue weighted by Gasteiger charge is -2.09. The normalized spacial score (nSPS) is 10.8. The summed E-state index contributed by atoms with van der Waals surface area (Å²) in [5.74, 6) is 0. The minimum absolute atomic E-state index is 0.686. The SMILES string of the molecule is CCCCCCCCOCc1cccc(N)c1C. The molecule has 0 unspecified atom stereocenters. The molecule has 1 aromatic rings. The Bertz CT molecular complexity index is 336. The molecule has 2 nitrogen and oxygen atoms in total. The Balaban J connectivity index is 2.09. The van der Waals surface area contributed by atoms with E-state index < -0.39 is 0 Å². The van der Waals surface area contributed by atoms with Crippen molar-refractivity contribution >= 4 is 5.69 Å². The maximum absolute atomic E-state index is 5.86. The Morgan fingerprint density at radius 3 is 2.56 bits per heavy atom. The highest BCUT2D eigenvalue weighted by Gasteiger charge is 2.00. The van der Waals surface area contributed by atoms with Crippen LogP contribution in [0.25, 0.3) is 0 Å². The molecule has 0 saturated heterocycles. The van der Waals surface area contributed by atoms with Crippen LogP contribution in [-0.2, 0) is 11.3 Å². The Labute approximate surface area is 112 Å². The Kier molecular flexibility index (Phi) is 7.51. The number of rotatable bonds is 9. The molecule has 0 spiro atoms. The zero-order valence-corrected chi connectivity index (χ0v) is 11.9. The van der Waals surface area contributed by atoms with Gasteiger partial charge in [-0.25, -0.2) is 0 Å². The predicted molar refractivity (Wildman–Crippen MR) is 78.6 cm³/mol. The number of hydrogen-bond acceptors (Lipinski definition) is 2. The largest absolute Gasteiger partial charge is 0.399 e. The van der Waals surface area contributed by atoms with E-state index in [0.717, 1.165) is 17.9 Å². The number of nitrogens with two attached hydrogens (primary N) is 1. The van der Waals surface area contributed by atoms with Gasteiger partial charge in [-0.3, -0.25) is 0 Å². The van der Waals surface area contributed by atoms with Crippen molar-refractivity contribution in [3.63, 3.8) is 0 Å². The Morgan fingerprint density at radius 1 is 1.06 bits per heavy atom. The van der Waals surface area contributed by atoms with Crippen molar-refractivity contribution in [2.24, 2.45) is 0 Å². The van der Waals surface area contributed by atoms with Gasteiger partial charge in [-0.2, -0.15) is 0 Å². The van der Waals surface area contributed by atoms with Crippen molar-refractivity contribution < 1.29 is 4.74 Å². The summed E-state index contributed by atoms with van der Waals surface area (Å²) >= 11 is 0. The van der Waals surface area contributed by atoms with Gasteiger partial charge in [0.1, 0.15) is 0 Å². The molecule has 0 aliphatic carbocycles. The molecule has 0 amide bonds. The molecule has 0 aliphatic heterocycles. The molecule has 0 aromatic heterocycles. The summed E-state index contributed by atoms with van der Waals surface area (Å²) in [6.07, 6.45) is 7.84. The van der Waals surface area contributed by atoms with Crippen LogP contribution in [-0.4, -0.2) is 6.61 Å². The van der Waals surface area contributed by atoms with Gasteiger partial charge in [0.25, 0.3) is 0 Å². The summed E-state index contributed by atoms with van der Waals surface area (Å²) in [5, 5.41) is 0. The lowest BCUT2D eigenvalue weighted by Crippen LogP contribution is -2.00. The highest BCUT2D eigenvalue weighted by molar-refractivity contribution is 5.49. The highest BCUT2D eigenvalue weighted by atomic mass is 16.5. The minimum Gasteiger partial charge on any atom is -0.399 e. The smallest absolute Gasteiger partial charge is 0.0720 e. The number of anilines is 1. The van der Waals surface area contributed by atoms with Crippen LogP contribution in [0.3, 0.4) is 0 Å². The average Bonchev–Trinajstić information content (AvgIpc) is 2.37. The van der Waals surface area contributed by atoms with E-state index in [-0.39, 0.29) is 0 Å². The molecule has 18 heavy (non-hydrogen) atoms. The summed E-state index contributed by atoms with van der Waals surface area (Å²) in [4.78, 5) is 0. The number of hydrogen-bond donors (Lipinski definition) is 1. The molecule has 0 bridgehead atoms. The van der Waals surface area contributed by atoms with Crippen LogP contribution in [0.1, 0.15) is 56.6 Å². The molecule has 0 fully saturated rings. The van der Waals surface area contributed by atoms with Crippen molar-refractivity contribution in [3.8, 4) is 0 Å². The lowest BCUT2D eigenvalue weighted by atomic mass is 10.1. The zero-order chi connectivity index (χ0) is 13.2. The number of unbranched alkanes of at least 4 members (excludes halogenated alkanes) is 5. The molecule has 0 aliphatic rings. The molecular weight excluding hydrogens is 222 g/mol. The first-order valence-electron chi connectivity index (χ1n) is 7.17. The van der Waals surface area contributed by atoms with E-state index in [1.165, 1.54) is 44.1 Å². The van der Waals surface area contributed by atoms with Gasteiger partial charge in [0.15, 0.2) is 0 Å². The van der Waals surface area contributed by atoms with Crippen LogP contribution in [0.2, 0.25) is 0 Å². The van der Waals surface area contributed by atoms with Crippen molar-refractivity contribution in [3.05, 3.63) is 29.3 Å². The Hall–Kier alpha value is -1.02. The molecule has 1 rings (SSSR count). The van der Waals surface area contributed by atoms with Crippen LogP contribution in [0.4, 0.5) is 5.69 Å². The minimum atomic E-state index is 0.686. The van der Waals surface area contributed by atoms with Gasteiger partial charge < -0.3 is 10.5 Å². The third-order valence-electron chi connectivity index (χ3n) is 3.39. The van der Waals surface area contributed by atoms with E-state index in [1.54, 1.807) is 0 Å². The highest BCUT2D eigenvalue weighted by Crippen LogP contribution is 2.16. The summed E-state index contributed by atoms with van der Waals surface area (Å²) in [7, 11) is 0. The first-order chi connectivity index (χ1) is 8.75. The van der Waals surface area contributed by atoms with E-state index in [1.807, 2.05) is 12.1 Å². The molecular formula is C16H27NO. The molecule has 2 N–H and O–H groups in total. The monoisotopic (exact) mass is 249 g/mol. The van der Waals surface area contributed by atoms with Crippen LogP contribution in [0, 0.1) is 6.92 Å². The van der Waals surface area contributed by atoms with Crippen LogP contribution in [0.5, 0.6) is 0 Å². The maximum atomic E-state index is 5.86. The van der Waals surface area contributed by atoms with Crippen LogP contribution in [0.15, 0.2) is 18.2 Å². The van der Waals surface area contributed by atoms with E-state index >= 15 is 0 Å².